The highest BCUT2D eigenvalue weighted by atomic mass is 35.5. The van der Waals surface area contributed by atoms with E-state index in [2.05, 4.69) is 55.5 Å². The van der Waals surface area contributed by atoms with Crippen LogP contribution in [-0.2, 0) is 13.1 Å². The molecule has 0 radical (unpaired) electrons. The number of hydrogen-bond acceptors (Lipinski definition) is 2. The molecular formula is C16H22ClN3. The Morgan fingerprint density at radius 2 is 1.95 bits per heavy atom. The van der Waals surface area contributed by atoms with Crippen LogP contribution in [0.2, 0.25) is 5.02 Å². The number of benzene rings is 1. The van der Waals surface area contributed by atoms with Crippen molar-refractivity contribution in [3.8, 4) is 0 Å². The number of aryl methyl sites for hydroxylation is 1. The second kappa shape index (κ2) is 5.98. The molecule has 3 nitrogen and oxygen atoms in total. The summed E-state index contributed by atoms with van der Waals surface area (Å²) in [6.07, 6.45) is 1.87. The molecule has 2 rings (SSSR count). The number of halogens is 1. The van der Waals surface area contributed by atoms with E-state index in [1.165, 1.54) is 11.1 Å². The minimum atomic E-state index is 0.128. The van der Waals surface area contributed by atoms with Gasteiger partial charge in [0.15, 0.2) is 0 Å². The van der Waals surface area contributed by atoms with E-state index in [0.29, 0.717) is 0 Å². The molecule has 0 aliphatic heterocycles. The van der Waals surface area contributed by atoms with Crippen molar-refractivity contribution in [1.29, 1.82) is 0 Å². The maximum absolute atomic E-state index is 6.03. The summed E-state index contributed by atoms with van der Waals surface area (Å²) in [4.78, 5) is 0. The van der Waals surface area contributed by atoms with Crippen LogP contribution in [0.15, 0.2) is 30.5 Å². The molecule has 2 aromatic rings. The summed E-state index contributed by atoms with van der Waals surface area (Å²) in [7, 11) is 0. The Balaban J connectivity index is 2.06. The van der Waals surface area contributed by atoms with E-state index < -0.39 is 0 Å². The Morgan fingerprint density at radius 3 is 2.55 bits per heavy atom. The van der Waals surface area contributed by atoms with Gasteiger partial charge in [0.25, 0.3) is 0 Å². The quantitative estimate of drug-likeness (QED) is 0.929. The van der Waals surface area contributed by atoms with E-state index in [1.807, 2.05) is 17.8 Å². The van der Waals surface area contributed by atoms with Gasteiger partial charge in [0, 0.05) is 18.3 Å². The molecule has 0 aliphatic rings. The predicted octanol–water partition coefficient (Wildman–Crippen LogP) is 3.78. The predicted molar refractivity (Wildman–Crippen MR) is 84.1 cm³/mol. The van der Waals surface area contributed by atoms with Crippen molar-refractivity contribution in [1.82, 2.24) is 15.1 Å². The molecule has 1 heterocycles. The Bertz CT molecular complexity index is 562. The van der Waals surface area contributed by atoms with Gasteiger partial charge in [-0.05, 0) is 38.8 Å². The van der Waals surface area contributed by atoms with Crippen LogP contribution >= 0.6 is 11.6 Å². The Kier molecular flexibility index (Phi) is 4.51. The molecule has 4 heteroatoms. The lowest BCUT2D eigenvalue weighted by Crippen LogP contribution is -2.35. The van der Waals surface area contributed by atoms with Gasteiger partial charge in [-0.3, -0.25) is 4.68 Å². The van der Waals surface area contributed by atoms with Crippen molar-refractivity contribution in [3.63, 3.8) is 0 Å². The SMILES string of the molecule is Cc1nn(Cc2cccc(CNC(C)(C)C)c2)cc1Cl. The summed E-state index contributed by atoms with van der Waals surface area (Å²) >= 11 is 6.03. The van der Waals surface area contributed by atoms with Gasteiger partial charge in [-0.15, -0.1) is 0 Å². The number of nitrogens with one attached hydrogen (secondary N) is 1. The monoisotopic (exact) mass is 291 g/mol. The molecule has 0 atom stereocenters. The van der Waals surface area contributed by atoms with E-state index in [0.717, 1.165) is 23.8 Å². The first-order chi connectivity index (χ1) is 9.33. The smallest absolute Gasteiger partial charge is 0.0815 e. The van der Waals surface area contributed by atoms with E-state index in [9.17, 15) is 0 Å². The normalized spacial score (nSPS) is 11.8. The lowest BCUT2D eigenvalue weighted by atomic mass is 10.1. The molecule has 0 aliphatic carbocycles. The van der Waals surface area contributed by atoms with E-state index in [4.69, 9.17) is 11.6 Å². The zero-order valence-corrected chi connectivity index (χ0v) is 13.3. The standard InChI is InChI=1S/C16H22ClN3/c1-12-15(17)11-20(19-12)10-14-7-5-6-13(8-14)9-18-16(2,3)4/h5-8,11,18H,9-10H2,1-4H3. The van der Waals surface area contributed by atoms with Crippen LogP contribution in [0.5, 0.6) is 0 Å². The molecule has 1 aromatic heterocycles. The fourth-order valence-electron chi connectivity index (χ4n) is 1.97. The molecule has 0 spiro atoms. The van der Waals surface area contributed by atoms with E-state index in [-0.39, 0.29) is 5.54 Å². The molecule has 108 valence electrons. The highest BCUT2D eigenvalue weighted by Gasteiger charge is 2.08. The summed E-state index contributed by atoms with van der Waals surface area (Å²) in [5.74, 6) is 0. The first-order valence-electron chi connectivity index (χ1n) is 6.86. The topological polar surface area (TPSA) is 29.9 Å². The molecular weight excluding hydrogens is 270 g/mol. The van der Waals surface area contributed by atoms with Crippen LogP contribution in [-0.4, -0.2) is 15.3 Å². The molecule has 1 aromatic carbocycles. The molecule has 20 heavy (non-hydrogen) atoms. The van der Waals surface area contributed by atoms with Gasteiger partial charge >= 0.3 is 0 Å². The van der Waals surface area contributed by atoms with Crippen molar-refractivity contribution >= 4 is 11.6 Å². The minimum Gasteiger partial charge on any atom is -0.308 e. The van der Waals surface area contributed by atoms with Gasteiger partial charge in [0.1, 0.15) is 0 Å². The average Bonchev–Trinajstić information content (AvgIpc) is 2.65. The maximum atomic E-state index is 6.03. The molecule has 0 saturated carbocycles. The van der Waals surface area contributed by atoms with Gasteiger partial charge in [-0.25, -0.2) is 0 Å². The third-order valence-corrected chi connectivity index (χ3v) is 3.42. The molecule has 0 unspecified atom stereocenters. The van der Waals surface area contributed by atoms with Crippen molar-refractivity contribution in [2.75, 3.05) is 0 Å². The lowest BCUT2D eigenvalue weighted by molar-refractivity contribution is 0.424. The fraction of sp³-hybridized carbons (Fsp3) is 0.438. The molecule has 0 saturated heterocycles. The zero-order chi connectivity index (χ0) is 14.8. The Labute approximate surface area is 126 Å². The van der Waals surface area contributed by atoms with Crippen molar-refractivity contribution in [2.45, 2.75) is 46.3 Å². The average molecular weight is 292 g/mol. The lowest BCUT2D eigenvalue weighted by Gasteiger charge is -2.20. The second-order valence-corrected chi connectivity index (χ2v) is 6.59. The molecule has 0 amide bonds. The third-order valence-electron chi connectivity index (χ3n) is 3.05. The number of rotatable bonds is 4. The van der Waals surface area contributed by atoms with Crippen molar-refractivity contribution < 1.29 is 0 Å². The van der Waals surface area contributed by atoms with Crippen LogP contribution in [0.1, 0.15) is 37.6 Å². The number of hydrogen-bond donors (Lipinski definition) is 1. The van der Waals surface area contributed by atoms with Gasteiger partial charge in [-0.2, -0.15) is 5.10 Å². The van der Waals surface area contributed by atoms with Crippen LogP contribution in [0.25, 0.3) is 0 Å². The van der Waals surface area contributed by atoms with E-state index in [1.54, 1.807) is 0 Å². The second-order valence-electron chi connectivity index (χ2n) is 6.18. The Hall–Kier alpha value is -1.32. The van der Waals surface area contributed by atoms with Gasteiger partial charge in [0.2, 0.25) is 0 Å². The molecule has 0 bridgehead atoms. The number of aromatic nitrogens is 2. The van der Waals surface area contributed by atoms with Crippen molar-refractivity contribution in [2.24, 2.45) is 0 Å². The summed E-state index contributed by atoms with van der Waals surface area (Å²) in [5.41, 5.74) is 3.52. The largest absolute Gasteiger partial charge is 0.308 e. The van der Waals surface area contributed by atoms with Gasteiger partial charge in [-0.1, -0.05) is 35.9 Å². The summed E-state index contributed by atoms with van der Waals surface area (Å²) in [5, 5.41) is 8.61. The summed E-state index contributed by atoms with van der Waals surface area (Å²) in [6.45, 7) is 10.1. The van der Waals surface area contributed by atoms with Gasteiger partial charge in [0.05, 0.1) is 17.3 Å². The van der Waals surface area contributed by atoms with Crippen molar-refractivity contribution in [3.05, 3.63) is 52.3 Å². The molecule has 1 N–H and O–H groups in total. The van der Waals surface area contributed by atoms with Crippen LogP contribution < -0.4 is 5.32 Å². The van der Waals surface area contributed by atoms with Gasteiger partial charge < -0.3 is 5.32 Å². The first-order valence-corrected chi connectivity index (χ1v) is 7.24. The fourth-order valence-corrected chi connectivity index (χ4v) is 2.12. The van der Waals surface area contributed by atoms with Crippen LogP contribution in [0.3, 0.4) is 0 Å². The highest BCUT2D eigenvalue weighted by Crippen LogP contribution is 2.14. The molecule has 0 fully saturated rings. The number of nitrogens with zero attached hydrogens (tertiary/aromatic N) is 2. The maximum Gasteiger partial charge on any atom is 0.0815 e. The first kappa shape index (κ1) is 15.1. The minimum absolute atomic E-state index is 0.128. The van der Waals surface area contributed by atoms with Crippen LogP contribution in [0.4, 0.5) is 0 Å². The van der Waals surface area contributed by atoms with E-state index >= 15 is 0 Å². The summed E-state index contributed by atoms with van der Waals surface area (Å²) < 4.78 is 1.88. The zero-order valence-electron chi connectivity index (χ0n) is 12.6. The Morgan fingerprint density at radius 1 is 1.25 bits per heavy atom. The highest BCUT2D eigenvalue weighted by molar-refractivity contribution is 6.31. The summed E-state index contributed by atoms with van der Waals surface area (Å²) in [6, 6.07) is 8.56. The third kappa shape index (κ3) is 4.36. The van der Waals surface area contributed by atoms with Crippen LogP contribution in [0, 0.1) is 6.92 Å².